The van der Waals surface area contributed by atoms with E-state index < -0.39 is 11.9 Å². The molecule has 0 atom stereocenters. The molecule has 0 fully saturated rings. The molecule has 0 bridgehead atoms. The summed E-state index contributed by atoms with van der Waals surface area (Å²) in [5, 5.41) is 17.3. The van der Waals surface area contributed by atoms with Crippen LogP contribution in [0.25, 0.3) is 0 Å². The van der Waals surface area contributed by atoms with Gasteiger partial charge in [0.15, 0.2) is 0 Å². The van der Waals surface area contributed by atoms with Crippen molar-refractivity contribution in [3.05, 3.63) is 0 Å². The maximum atomic E-state index is 10.6. The number of ether oxygens (including phenoxy) is 3. The number of carboxylic acids is 2. The molecule has 124 valence electrons. The molecule has 0 aromatic heterocycles. The molecule has 0 amide bonds. The molecule has 0 radical (unpaired) electrons. The minimum atomic E-state index is -1.07. The van der Waals surface area contributed by atoms with E-state index in [1.54, 1.807) is 0 Å². The Hall–Kier alpha value is -1.26. The van der Waals surface area contributed by atoms with Crippen LogP contribution in [0.1, 0.15) is 0 Å². The third-order valence-corrected chi connectivity index (χ3v) is 2.28. The first kappa shape index (κ1) is 19.7. The lowest BCUT2D eigenvalue weighted by molar-refractivity contribution is -0.142. The number of carboxylic acid groups (broad SMARTS) is 2. The van der Waals surface area contributed by atoms with Crippen molar-refractivity contribution in [3.63, 3.8) is 0 Å². The maximum absolute atomic E-state index is 10.6. The van der Waals surface area contributed by atoms with Crippen LogP contribution in [0, 0.1) is 0 Å². The molecule has 9 heteroatoms. The molecule has 21 heavy (non-hydrogen) atoms. The number of hydrogen-bond donors (Lipinski definition) is 3. The Morgan fingerprint density at radius 3 is 1.67 bits per heavy atom. The molecule has 0 rings (SSSR count). The first-order valence-electron chi connectivity index (χ1n) is 6.65. The molecule has 0 spiro atoms. The Labute approximate surface area is 123 Å². The summed E-state index contributed by atoms with van der Waals surface area (Å²) in [4.78, 5) is 22.4. The quantitative estimate of drug-likeness (QED) is 0.308. The van der Waals surface area contributed by atoms with Gasteiger partial charge in [0.1, 0.15) is 0 Å². The van der Waals surface area contributed by atoms with Crippen molar-refractivity contribution in [3.8, 4) is 0 Å². The number of carbonyl (C=O) groups is 2. The molecule has 0 heterocycles. The number of rotatable bonds is 15. The second-order valence-corrected chi connectivity index (χ2v) is 4.12. The van der Waals surface area contributed by atoms with Crippen molar-refractivity contribution in [2.75, 3.05) is 65.8 Å². The highest BCUT2D eigenvalue weighted by Crippen LogP contribution is 1.90. The van der Waals surface area contributed by atoms with E-state index in [0.717, 1.165) is 0 Å². The van der Waals surface area contributed by atoms with Crippen LogP contribution in [-0.2, 0) is 23.8 Å². The second kappa shape index (κ2) is 13.7. The minimum Gasteiger partial charge on any atom is -0.480 e. The lowest BCUT2D eigenvalue weighted by Gasteiger charge is -2.17. The zero-order valence-corrected chi connectivity index (χ0v) is 12.0. The number of hydrogen-bond acceptors (Lipinski definition) is 7. The summed E-state index contributed by atoms with van der Waals surface area (Å²) in [6.07, 6.45) is 0. The molecule has 0 aliphatic rings. The van der Waals surface area contributed by atoms with Gasteiger partial charge in [0, 0.05) is 13.1 Å². The van der Waals surface area contributed by atoms with Crippen molar-refractivity contribution < 1.29 is 34.0 Å². The first-order chi connectivity index (χ1) is 10.1. The van der Waals surface area contributed by atoms with Gasteiger partial charge in [0.25, 0.3) is 0 Å². The third-order valence-electron chi connectivity index (χ3n) is 2.28. The van der Waals surface area contributed by atoms with Crippen LogP contribution in [0.2, 0.25) is 0 Å². The van der Waals surface area contributed by atoms with Gasteiger partial charge in [-0.2, -0.15) is 0 Å². The van der Waals surface area contributed by atoms with Gasteiger partial charge in [-0.25, -0.2) is 0 Å². The Morgan fingerprint density at radius 1 is 0.810 bits per heavy atom. The number of aliphatic carboxylic acids is 2. The fraction of sp³-hybridized carbons (Fsp3) is 0.833. The van der Waals surface area contributed by atoms with Gasteiger partial charge in [-0.05, 0) is 0 Å². The Bertz CT molecular complexity index is 273. The summed E-state index contributed by atoms with van der Waals surface area (Å²) in [5.74, 6) is -2.14. The summed E-state index contributed by atoms with van der Waals surface area (Å²) in [6, 6.07) is 0. The summed E-state index contributed by atoms with van der Waals surface area (Å²) < 4.78 is 15.6. The highest BCUT2D eigenvalue weighted by molar-refractivity contribution is 5.72. The molecule has 0 aromatic rings. The van der Waals surface area contributed by atoms with E-state index in [1.807, 2.05) is 0 Å². The van der Waals surface area contributed by atoms with Crippen LogP contribution < -0.4 is 5.73 Å². The minimum absolute atomic E-state index is 0.234. The molecule has 9 nitrogen and oxygen atoms in total. The number of nitrogens with zero attached hydrogens (tertiary/aromatic N) is 1. The summed E-state index contributed by atoms with van der Waals surface area (Å²) >= 11 is 0. The monoisotopic (exact) mass is 308 g/mol. The fourth-order valence-electron chi connectivity index (χ4n) is 1.42. The van der Waals surface area contributed by atoms with E-state index in [-0.39, 0.29) is 26.2 Å². The van der Waals surface area contributed by atoms with Crippen molar-refractivity contribution in [1.82, 2.24) is 4.90 Å². The van der Waals surface area contributed by atoms with E-state index >= 15 is 0 Å². The third kappa shape index (κ3) is 15.0. The van der Waals surface area contributed by atoms with Gasteiger partial charge in [-0.15, -0.1) is 0 Å². The lowest BCUT2D eigenvalue weighted by atomic mass is 10.4. The number of nitrogens with two attached hydrogens (primary N) is 1. The molecular formula is C12H24N2O7. The molecule has 0 saturated heterocycles. The fourth-order valence-corrected chi connectivity index (χ4v) is 1.42. The van der Waals surface area contributed by atoms with Crippen LogP contribution in [0.3, 0.4) is 0 Å². The van der Waals surface area contributed by atoms with Crippen LogP contribution in [0.15, 0.2) is 0 Å². The predicted octanol–water partition coefficient (Wildman–Crippen LogP) is -1.53. The van der Waals surface area contributed by atoms with E-state index in [4.69, 9.17) is 30.2 Å². The van der Waals surface area contributed by atoms with Gasteiger partial charge >= 0.3 is 11.9 Å². The molecule has 0 aromatic carbocycles. The largest absolute Gasteiger partial charge is 0.480 e. The summed E-state index contributed by atoms with van der Waals surface area (Å²) in [7, 11) is 0. The lowest BCUT2D eigenvalue weighted by Crippen LogP contribution is -2.37. The average molecular weight is 308 g/mol. The van der Waals surface area contributed by atoms with E-state index in [2.05, 4.69) is 0 Å². The normalized spacial score (nSPS) is 11.0. The Kier molecular flexibility index (Phi) is 12.9. The van der Waals surface area contributed by atoms with Crippen LogP contribution in [-0.4, -0.2) is 92.9 Å². The highest BCUT2D eigenvalue weighted by atomic mass is 16.5. The first-order valence-corrected chi connectivity index (χ1v) is 6.65. The zero-order valence-electron chi connectivity index (χ0n) is 12.0. The molecule has 0 saturated carbocycles. The summed E-state index contributed by atoms with van der Waals surface area (Å²) in [5.41, 5.74) is 5.25. The van der Waals surface area contributed by atoms with E-state index in [1.165, 1.54) is 4.90 Å². The Morgan fingerprint density at radius 2 is 1.24 bits per heavy atom. The van der Waals surface area contributed by atoms with Gasteiger partial charge in [0.2, 0.25) is 0 Å². The molecule has 4 N–H and O–H groups in total. The zero-order chi connectivity index (χ0) is 15.9. The summed E-state index contributed by atoms with van der Waals surface area (Å²) in [6.45, 7) is 2.47. The van der Waals surface area contributed by atoms with Crippen molar-refractivity contribution in [2.24, 2.45) is 5.73 Å². The van der Waals surface area contributed by atoms with Crippen molar-refractivity contribution in [2.45, 2.75) is 0 Å². The maximum Gasteiger partial charge on any atom is 0.317 e. The van der Waals surface area contributed by atoms with Crippen LogP contribution in [0.5, 0.6) is 0 Å². The van der Waals surface area contributed by atoms with Gasteiger partial charge in [-0.3, -0.25) is 14.5 Å². The van der Waals surface area contributed by atoms with E-state index in [9.17, 15) is 9.59 Å². The molecule has 0 unspecified atom stereocenters. The second-order valence-electron chi connectivity index (χ2n) is 4.12. The molecular weight excluding hydrogens is 284 g/mol. The van der Waals surface area contributed by atoms with Gasteiger partial charge in [0.05, 0.1) is 52.7 Å². The molecule has 0 aliphatic carbocycles. The Balaban J connectivity index is 3.48. The van der Waals surface area contributed by atoms with Gasteiger partial charge in [-0.1, -0.05) is 0 Å². The molecule has 0 aliphatic heterocycles. The average Bonchev–Trinajstić information content (AvgIpc) is 2.39. The standard InChI is InChI=1S/C12H24N2O7/c13-1-3-19-5-7-21-8-6-20-4-2-14(9-11(15)16)10-12(17)18/h1-10,13H2,(H,15,16)(H,17,18). The van der Waals surface area contributed by atoms with Crippen molar-refractivity contribution in [1.29, 1.82) is 0 Å². The van der Waals surface area contributed by atoms with Crippen molar-refractivity contribution >= 4 is 11.9 Å². The topological polar surface area (TPSA) is 132 Å². The van der Waals surface area contributed by atoms with Crippen LogP contribution in [0.4, 0.5) is 0 Å². The van der Waals surface area contributed by atoms with Gasteiger partial charge < -0.3 is 30.2 Å². The predicted molar refractivity (Wildman–Crippen MR) is 73.2 cm³/mol. The highest BCUT2D eigenvalue weighted by Gasteiger charge is 2.12. The smallest absolute Gasteiger partial charge is 0.317 e. The van der Waals surface area contributed by atoms with Crippen LogP contribution >= 0.6 is 0 Å². The SMILES string of the molecule is NCCOCCOCCOCCN(CC(=O)O)CC(=O)O. The van der Waals surface area contributed by atoms with E-state index in [0.29, 0.717) is 39.6 Å².